The van der Waals surface area contributed by atoms with Crippen LogP contribution in [0.25, 0.3) is 0 Å². The van der Waals surface area contributed by atoms with Crippen molar-refractivity contribution in [1.82, 2.24) is 19.9 Å². The molecular formula is C17H24N6. The molecule has 0 radical (unpaired) electrons. The Kier molecular flexibility index (Phi) is 4.71. The van der Waals surface area contributed by atoms with Gasteiger partial charge in [-0.2, -0.15) is 4.98 Å². The van der Waals surface area contributed by atoms with Crippen LogP contribution in [0.3, 0.4) is 0 Å². The van der Waals surface area contributed by atoms with E-state index < -0.39 is 0 Å². The van der Waals surface area contributed by atoms with E-state index >= 15 is 0 Å². The van der Waals surface area contributed by atoms with E-state index in [0.717, 1.165) is 43.5 Å². The van der Waals surface area contributed by atoms with Gasteiger partial charge < -0.3 is 9.80 Å². The molecule has 122 valence electrons. The molecule has 1 fully saturated rings. The fourth-order valence-corrected chi connectivity index (χ4v) is 2.91. The van der Waals surface area contributed by atoms with Crippen LogP contribution in [-0.2, 0) is 6.54 Å². The van der Waals surface area contributed by atoms with Gasteiger partial charge >= 0.3 is 0 Å². The second kappa shape index (κ2) is 6.91. The van der Waals surface area contributed by atoms with E-state index in [4.69, 9.17) is 0 Å². The summed E-state index contributed by atoms with van der Waals surface area (Å²) in [6.45, 7) is 3.01. The average Bonchev–Trinajstić information content (AvgIpc) is 3.03. The Morgan fingerprint density at radius 3 is 2.74 bits per heavy atom. The second-order valence-electron chi connectivity index (χ2n) is 6.22. The molecule has 23 heavy (non-hydrogen) atoms. The van der Waals surface area contributed by atoms with Gasteiger partial charge in [0.05, 0.1) is 5.69 Å². The molecule has 6 heteroatoms. The van der Waals surface area contributed by atoms with Crippen LogP contribution in [-0.4, -0.2) is 60.1 Å². The second-order valence-corrected chi connectivity index (χ2v) is 6.22. The highest BCUT2D eigenvalue weighted by Crippen LogP contribution is 2.21. The molecule has 1 atom stereocenters. The lowest BCUT2D eigenvalue weighted by molar-refractivity contribution is 0.321. The Morgan fingerprint density at radius 2 is 2.00 bits per heavy atom. The minimum atomic E-state index is 0.441. The minimum Gasteiger partial charge on any atom is -0.363 e. The van der Waals surface area contributed by atoms with Crippen molar-refractivity contribution < 1.29 is 0 Å². The van der Waals surface area contributed by atoms with Crippen molar-refractivity contribution in [3.05, 3.63) is 42.4 Å². The van der Waals surface area contributed by atoms with Crippen molar-refractivity contribution in [2.45, 2.75) is 19.0 Å². The first-order chi connectivity index (χ1) is 11.1. The van der Waals surface area contributed by atoms with Crippen LogP contribution in [0.2, 0.25) is 0 Å². The number of pyridine rings is 1. The zero-order chi connectivity index (χ0) is 16.2. The quantitative estimate of drug-likeness (QED) is 0.837. The summed E-state index contributed by atoms with van der Waals surface area (Å²) >= 11 is 0. The highest BCUT2D eigenvalue weighted by Gasteiger charge is 2.27. The molecule has 2 aromatic rings. The predicted octanol–water partition coefficient (Wildman–Crippen LogP) is 1.65. The lowest BCUT2D eigenvalue weighted by Crippen LogP contribution is -2.35. The van der Waals surface area contributed by atoms with Gasteiger partial charge in [-0.1, -0.05) is 6.07 Å². The summed E-state index contributed by atoms with van der Waals surface area (Å²) in [6.07, 6.45) is 4.81. The summed E-state index contributed by atoms with van der Waals surface area (Å²) in [6, 6.07) is 8.46. The fraction of sp³-hybridized carbons (Fsp3) is 0.471. The van der Waals surface area contributed by atoms with Gasteiger partial charge in [-0.05, 0) is 24.6 Å². The highest BCUT2D eigenvalue weighted by molar-refractivity contribution is 5.42. The van der Waals surface area contributed by atoms with Crippen LogP contribution < -0.4 is 9.80 Å². The first kappa shape index (κ1) is 15.7. The molecule has 0 amide bonds. The van der Waals surface area contributed by atoms with Gasteiger partial charge in [-0.25, -0.2) is 4.98 Å². The summed E-state index contributed by atoms with van der Waals surface area (Å²) in [5, 5.41) is 0. The lowest BCUT2D eigenvalue weighted by Gasteiger charge is -2.25. The summed E-state index contributed by atoms with van der Waals surface area (Å²) < 4.78 is 0. The fourth-order valence-electron chi connectivity index (χ4n) is 2.91. The summed E-state index contributed by atoms with van der Waals surface area (Å²) in [5.41, 5.74) is 1.13. The number of nitrogens with zero attached hydrogens (tertiary/aromatic N) is 6. The van der Waals surface area contributed by atoms with E-state index in [1.54, 1.807) is 0 Å². The Balaban J connectivity index is 1.63. The monoisotopic (exact) mass is 312 g/mol. The van der Waals surface area contributed by atoms with Crippen molar-refractivity contribution in [2.75, 3.05) is 44.0 Å². The van der Waals surface area contributed by atoms with Crippen molar-refractivity contribution in [2.24, 2.45) is 0 Å². The third-order valence-corrected chi connectivity index (χ3v) is 4.31. The molecule has 1 unspecified atom stereocenters. The van der Waals surface area contributed by atoms with Gasteiger partial charge in [0.25, 0.3) is 0 Å². The molecule has 2 aromatic heterocycles. The van der Waals surface area contributed by atoms with E-state index in [-0.39, 0.29) is 0 Å². The molecule has 0 aromatic carbocycles. The first-order valence-corrected chi connectivity index (χ1v) is 7.99. The zero-order valence-electron chi connectivity index (χ0n) is 14.1. The van der Waals surface area contributed by atoms with Crippen molar-refractivity contribution in [3.8, 4) is 0 Å². The molecule has 0 aliphatic carbocycles. The smallest absolute Gasteiger partial charge is 0.227 e. The molecule has 0 bridgehead atoms. The third-order valence-electron chi connectivity index (χ3n) is 4.31. The number of hydrogen-bond acceptors (Lipinski definition) is 6. The van der Waals surface area contributed by atoms with Gasteiger partial charge in [-0.3, -0.25) is 9.88 Å². The summed E-state index contributed by atoms with van der Waals surface area (Å²) in [4.78, 5) is 20.1. The molecule has 0 N–H and O–H groups in total. The maximum absolute atomic E-state index is 4.64. The number of aromatic nitrogens is 3. The van der Waals surface area contributed by atoms with E-state index in [1.165, 1.54) is 0 Å². The predicted molar refractivity (Wildman–Crippen MR) is 92.7 cm³/mol. The molecule has 3 rings (SSSR count). The molecule has 6 nitrogen and oxygen atoms in total. The first-order valence-electron chi connectivity index (χ1n) is 7.99. The number of likely N-dealkylation sites (N-methyl/N-ethyl adjacent to an activating group) is 1. The third kappa shape index (κ3) is 3.76. The average molecular weight is 312 g/mol. The standard InChI is InChI=1S/C17H24N6/c1-21(2)16-7-10-19-17(20-16)22(3)15-8-11-23(13-15)12-14-6-4-5-9-18-14/h4-7,9-10,15H,8,11-13H2,1-3H3. The molecule has 1 saturated heterocycles. The van der Waals surface area contributed by atoms with Crippen LogP contribution in [0.5, 0.6) is 0 Å². The SMILES string of the molecule is CN(C)c1ccnc(N(C)C2CCN(Cc3ccccn3)C2)n1. The van der Waals surface area contributed by atoms with Crippen LogP contribution in [0, 0.1) is 0 Å². The number of likely N-dealkylation sites (tertiary alicyclic amines) is 1. The molecule has 3 heterocycles. The topological polar surface area (TPSA) is 48.4 Å². The van der Waals surface area contributed by atoms with Gasteiger partial charge in [-0.15, -0.1) is 0 Å². The minimum absolute atomic E-state index is 0.441. The molecule has 0 saturated carbocycles. The number of anilines is 2. The Hall–Kier alpha value is -2.21. The number of hydrogen-bond donors (Lipinski definition) is 0. The summed E-state index contributed by atoms with van der Waals surface area (Å²) in [5.74, 6) is 1.73. The van der Waals surface area contributed by atoms with Crippen molar-refractivity contribution in [1.29, 1.82) is 0 Å². The maximum atomic E-state index is 4.64. The molecular weight excluding hydrogens is 288 g/mol. The lowest BCUT2D eigenvalue weighted by atomic mass is 10.2. The Bertz CT molecular complexity index is 630. The van der Waals surface area contributed by atoms with Gasteiger partial charge in [0.1, 0.15) is 5.82 Å². The molecule has 1 aliphatic heterocycles. The van der Waals surface area contributed by atoms with Crippen molar-refractivity contribution >= 4 is 11.8 Å². The normalized spacial score (nSPS) is 18.1. The maximum Gasteiger partial charge on any atom is 0.227 e. The highest BCUT2D eigenvalue weighted by atomic mass is 15.3. The van der Waals surface area contributed by atoms with Crippen molar-refractivity contribution in [3.63, 3.8) is 0 Å². The Morgan fingerprint density at radius 1 is 1.13 bits per heavy atom. The van der Waals surface area contributed by atoms with E-state index in [1.807, 2.05) is 49.6 Å². The van der Waals surface area contributed by atoms with E-state index in [9.17, 15) is 0 Å². The van der Waals surface area contributed by atoms with E-state index in [0.29, 0.717) is 6.04 Å². The largest absolute Gasteiger partial charge is 0.363 e. The van der Waals surface area contributed by atoms with Gasteiger partial charge in [0, 0.05) is 59.2 Å². The zero-order valence-corrected chi connectivity index (χ0v) is 14.1. The number of rotatable bonds is 5. The van der Waals surface area contributed by atoms with Crippen LogP contribution in [0.1, 0.15) is 12.1 Å². The summed E-state index contributed by atoms with van der Waals surface area (Å²) in [7, 11) is 6.08. The van der Waals surface area contributed by atoms with Crippen LogP contribution in [0.15, 0.2) is 36.7 Å². The van der Waals surface area contributed by atoms with Gasteiger partial charge in [0.15, 0.2) is 0 Å². The van der Waals surface area contributed by atoms with Gasteiger partial charge in [0.2, 0.25) is 5.95 Å². The molecule has 0 spiro atoms. The molecule has 1 aliphatic rings. The van der Waals surface area contributed by atoms with E-state index in [2.05, 4.69) is 37.9 Å². The Labute approximate surface area is 137 Å². The van der Waals surface area contributed by atoms with Crippen LogP contribution >= 0.6 is 0 Å². The van der Waals surface area contributed by atoms with Crippen LogP contribution in [0.4, 0.5) is 11.8 Å².